The zero-order chi connectivity index (χ0) is 22.1. The maximum absolute atomic E-state index is 13.4. The molecule has 1 aliphatic carbocycles. The summed E-state index contributed by atoms with van der Waals surface area (Å²) >= 11 is 0. The fourth-order valence-electron chi connectivity index (χ4n) is 5.06. The van der Waals surface area contributed by atoms with Crippen LogP contribution in [0.2, 0.25) is 0 Å². The Morgan fingerprint density at radius 3 is 2.29 bits per heavy atom. The number of hydrogen-bond donors (Lipinski definition) is 0. The number of ketones is 1. The van der Waals surface area contributed by atoms with Gasteiger partial charge in [0.1, 0.15) is 0 Å². The Hall–Kier alpha value is -2.39. The molecule has 0 saturated heterocycles. The molecule has 0 spiro atoms. The Labute approximate surface area is 186 Å². The van der Waals surface area contributed by atoms with E-state index in [-0.39, 0.29) is 16.7 Å². The molecule has 1 fully saturated rings. The van der Waals surface area contributed by atoms with Crippen molar-refractivity contribution in [2.45, 2.75) is 60.1 Å². The van der Waals surface area contributed by atoms with Crippen LogP contribution in [-0.4, -0.2) is 17.0 Å². The van der Waals surface area contributed by atoms with Crippen molar-refractivity contribution in [1.82, 2.24) is 4.57 Å². The lowest BCUT2D eigenvalue weighted by atomic mass is 10.0. The summed E-state index contributed by atoms with van der Waals surface area (Å²) in [5.74, 6) is 0.403. The van der Waals surface area contributed by atoms with Gasteiger partial charge in [-0.25, -0.2) is 0 Å². The average Bonchev–Trinajstić information content (AvgIpc) is 3.01. The van der Waals surface area contributed by atoms with Crippen molar-refractivity contribution in [1.29, 1.82) is 0 Å². The number of nitrogens with zero attached hydrogens (tertiary/aromatic N) is 1. The van der Waals surface area contributed by atoms with Crippen molar-refractivity contribution in [3.63, 3.8) is 0 Å². The van der Waals surface area contributed by atoms with E-state index in [1.807, 2.05) is 24.3 Å². The SMILES string of the molecule is CC1(C)C(C(=O)c2cn(CCCCCOCc3ccccc3)c3ccccc23)C1(C)C. The number of ether oxygens (including phenoxy) is 1. The van der Waals surface area contributed by atoms with E-state index < -0.39 is 0 Å². The molecule has 1 saturated carbocycles. The minimum atomic E-state index is 0.0625. The molecule has 3 aromatic rings. The zero-order valence-electron chi connectivity index (χ0n) is 19.4. The summed E-state index contributed by atoms with van der Waals surface area (Å²) in [7, 11) is 0. The summed E-state index contributed by atoms with van der Waals surface area (Å²) < 4.78 is 8.07. The standard InChI is InChI=1S/C28H35NO2/c1-27(2)26(28(27,3)4)25(30)23-19-29(24-16-10-9-15-22(23)24)17-11-6-12-18-31-20-21-13-7-5-8-14-21/h5,7-10,13-16,19,26H,6,11-12,17-18,20H2,1-4H3. The molecular weight excluding hydrogens is 382 g/mol. The first-order valence-electron chi connectivity index (χ1n) is 11.6. The Kier molecular flexibility index (Phi) is 6.07. The molecule has 0 N–H and O–H groups in total. The molecule has 0 amide bonds. The third-order valence-electron chi connectivity index (χ3n) is 7.64. The molecule has 0 atom stereocenters. The second-order valence-electron chi connectivity index (χ2n) is 10.1. The van der Waals surface area contributed by atoms with Crippen LogP contribution < -0.4 is 0 Å². The molecule has 0 radical (unpaired) electrons. The first-order chi connectivity index (χ1) is 14.8. The van der Waals surface area contributed by atoms with E-state index in [0.717, 1.165) is 43.4 Å². The van der Waals surface area contributed by atoms with Gasteiger partial charge in [-0.2, -0.15) is 0 Å². The zero-order valence-corrected chi connectivity index (χ0v) is 19.4. The highest BCUT2D eigenvalue weighted by molar-refractivity contribution is 6.11. The third-order valence-corrected chi connectivity index (χ3v) is 7.64. The molecule has 1 heterocycles. The van der Waals surface area contributed by atoms with Crippen molar-refractivity contribution >= 4 is 16.7 Å². The van der Waals surface area contributed by atoms with Crippen molar-refractivity contribution in [3.8, 4) is 0 Å². The van der Waals surface area contributed by atoms with Gasteiger partial charge in [0.25, 0.3) is 0 Å². The van der Waals surface area contributed by atoms with Crippen LogP contribution in [0, 0.1) is 16.7 Å². The number of fused-ring (bicyclic) bond motifs is 1. The van der Waals surface area contributed by atoms with Gasteiger partial charge >= 0.3 is 0 Å². The summed E-state index contributed by atoms with van der Waals surface area (Å²) in [4.78, 5) is 13.4. The van der Waals surface area contributed by atoms with Gasteiger partial charge in [-0.1, -0.05) is 76.2 Å². The van der Waals surface area contributed by atoms with Crippen LogP contribution in [-0.2, 0) is 17.9 Å². The lowest BCUT2D eigenvalue weighted by Crippen LogP contribution is -2.07. The van der Waals surface area contributed by atoms with E-state index in [2.05, 4.69) is 68.8 Å². The maximum Gasteiger partial charge on any atom is 0.169 e. The number of Topliss-reactive ketones (excluding diaryl/α,β-unsaturated/α-hetero) is 1. The van der Waals surface area contributed by atoms with Crippen LogP contribution in [0.1, 0.15) is 62.9 Å². The van der Waals surface area contributed by atoms with Crippen molar-refractivity contribution in [3.05, 3.63) is 71.9 Å². The number of hydrogen-bond acceptors (Lipinski definition) is 2. The van der Waals surface area contributed by atoms with Crippen LogP contribution in [0.15, 0.2) is 60.8 Å². The minimum absolute atomic E-state index is 0.0625. The lowest BCUT2D eigenvalue weighted by molar-refractivity contribution is 0.0946. The highest BCUT2D eigenvalue weighted by Crippen LogP contribution is 2.69. The number of aryl methyl sites for hydroxylation is 1. The summed E-state index contributed by atoms with van der Waals surface area (Å²) in [6, 6.07) is 18.7. The van der Waals surface area contributed by atoms with E-state index in [9.17, 15) is 4.79 Å². The monoisotopic (exact) mass is 417 g/mol. The Bertz CT molecular complexity index is 1030. The smallest absolute Gasteiger partial charge is 0.169 e. The molecule has 31 heavy (non-hydrogen) atoms. The van der Waals surface area contributed by atoms with Gasteiger partial charge in [-0.3, -0.25) is 4.79 Å². The molecule has 1 aromatic heterocycles. The molecule has 164 valence electrons. The molecule has 4 rings (SSSR count). The van der Waals surface area contributed by atoms with E-state index >= 15 is 0 Å². The van der Waals surface area contributed by atoms with Crippen LogP contribution in [0.25, 0.3) is 10.9 Å². The first-order valence-corrected chi connectivity index (χ1v) is 11.6. The average molecular weight is 418 g/mol. The molecule has 0 bridgehead atoms. The fourth-order valence-corrected chi connectivity index (χ4v) is 5.06. The second-order valence-corrected chi connectivity index (χ2v) is 10.1. The van der Waals surface area contributed by atoms with E-state index in [4.69, 9.17) is 4.74 Å². The Morgan fingerprint density at radius 2 is 1.58 bits per heavy atom. The number of para-hydroxylation sites is 1. The van der Waals surface area contributed by atoms with Crippen LogP contribution in [0.4, 0.5) is 0 Å². The minimum Gasteiger partial charge on any atom is -0.377 e. The summed E-state index contributed by atoms with van der Waals surface area (Å²) in [5.41, 5.74) is 3.41. The normalized spacial score (nSPS) is 17.2. The number of rotatable bonds is 10. The molecular formula is C28H35NO2. The second kappa shape index (κ2) is 8.63. The molecule has 0 unspecified atom stereocenters. The van der Waals surface area contributed by atoms with E-state index in [1.54, 1.807) is 0 Å². The molecule has 3 nitrogen and oxygen atoms in total. The third kappa shape index (κ3) is 4.21. The molecule has 3 heteroatoms. The highest BCUT2D eigenvalue weighted by atomic mass is 16.5. The van der Waals surface area contributed by atoms with Crippen LogP contribution >= 0.6 is 0 Å². The number of benzene rings is 2. The van der Waals surface area contributed by atoms with E-state index in [0.29, 0.717) is 12.4 Å². The highest BCUT2D eigenvalue weighted by Gasteiger charge is 2.68. The molecule has 0 aliphatic heterocycles. The van der Waals surface area contributed by atoms with Crippen molar-refractivity contribution in [2.24, 2.45) is 16.7 Å². The van der Waals surface area contributed by atoms with Crippen LogP contribution in [0.5, 0.6) is 0 Å². The van der Waals surface area contributed by atoms with Gasteiger partial charge in [0, 0.05) is 41.7 Å². The number of unbranched alkanes of at least 4 members (excludes halogenated alkanes) is 2. The first kappa shape index (κ1) is 21.8. The quantitative estimate of drug-likeness (QED) is 0.265. The summed E-state index contributed by atoms with van der Waals surface area (Å²) in [5, 5.41) is 1.09. The Balaban J connectivity index is 1.33. The predicted molar refractivity (Wildman–Crippen MR) is 127 cm³/mol. The fraction of sp³-hybridized carbons (Fsp3) is 0.464. The van der Waals surface area contributed by atoms with Gasteiger partial charge in [0.2, 0.25) is 0 Å². The van der Waals surface area contributed by atoms with Crippen LogP contribution in [0.3, 0.4) is 0 Å². The number of aromatic nitrogens is 1. The summed E-state index contributed by atoms with van der Waals surface area (Å²) in [6.07, 6.45) is 5.36. The van der Waals surface area contributed by atoms with E-state index in [1.165, 1.54) is 11.1 Å². The Morgan fingerprint density at radius 1 is 0.903 bits per heavy atom. The largest absolute Gasteiger partial charge is 0.377 e. The van der Waals surface area contributed by atoms with Gasteiger partial charge < -0.3 is 9.30 Å². The van der Waals surface area contributed by atoms with Gasteiger partial charge in [-0.05, 0) is 41.7 Å². The van der Waals surface area contributed by atoms with Gasteiger partial charge in [0.05, 0.1) is 6.61 Å². The summed E-state index contributed by atoms with van der Waals surface area (Å²) in [6.45, 7) is 11.3. The lowest BCUT2D eigenvalue weighted by Gasteiger charge is -2.06. The molecule has 2 aromatic carbocycles. The topological polar surface area (TPSA) is 31.2 Å². The van der Waals surface area contributed by atoms with Crippen molar-refractivity contribution < 1.29 is 9.53 Å². The number of carbonyl (C=O) groups is 1. The van der Waals surface area contributed by atoms with Gasteiger partial charge in [-0.15, -0.1) is 0 Å². The molecule has 1 aliphatic rings. The van der Waals surface area contributed by atoms with Gasteiger partial charge in [0.15, 0.2) is 5.78 Å². The number of carbonyl (C=O) groups excluding carboxylic acids is 1. The van der Waals surface area contributed by atoms with Crippen molar-refractivity contribution in [2.75, 3.05) is 6.61 Å². The predicted octanol–water partition coefficient (Wildman–Crippen LogP) is 6.89. The maximum atomic E-state index is 13.4.